The third-order valence-electron chi connectivity index (χ3n) is 2.17. The summed E-state index contributed by atoms with van der Waals surface area (Å²) in [5.74, 6) is 2.65. The molecule has 17 heavy (non-hydrogen) atoms. The zero-order chi connectivity index (χ0) is 11.9. The number of benzene rings is 2. The molecule has 2 heteroatoms. The Labute approximate surface area is 106 Å². The Kier molecular flexibility index (Phi) is 4.28. The van der Waals surface area contributed by atoms with Crippen molar-refractivity contribution in [1.82, 2.24) is 0 Å². The van der Waals surface area contributed by atoms with Gasteiger partial charge in [-0.2, -0.15) is 0 Å². The van der Waals surface area contributed by atoms with E-state index in [2.05, 4.69) is 18.7 Å². The van der Waals surface area contributed by atoms with Gasteiger partial charge >= 0.3 is 0 Å². The second-order valence-electron chi connectivity index (χ2n) is 3.49. The van der Waals surface area contributed by atoms with E-state index in [1.807, 2.05) is 48.5 Å². The topological polar surface area (TPSA) is 9.23 Å². The summed E-state index contributed by atoms with van der Waals surface area (Å²) in [5, 5.41) is 0. The molecule has 0 aliphatic rings. The number of rotatable bonds is 5. The Morgan fingerprint density at radius 1 is 0.941 bits per heavy atom. The molecule has 0 atom stereocenters. The molecule has 0 spiro atoms. The smallest absolute Gasteiger partial charge is 0.127 e. The summed E-state index contributed by atoms with van der Waals surface area (Å²) in [6.07, 6.45) is 1.90. The molecule has 2 aromatic carbocycles. The van der Waals surface area contributed by atoms with Crippen LogP contribution >= 0.6 is 11.8 Å². The van der Waals surface area contributed by atoms with E-state index in [-0.39, 0.29) is 0 Å². The molecule has 0 amide bonds. The van der Waals surface area contributed by atoms with Crippen LogP contribution in [-0.4, -0.2) is 5.75 Å². The van der Waals surface area contributed by atoms with Crippen LogP contribution in [0.25, 0.3) is 0 Å². The lowest BCUT2D eigenvalue weighted by Gasteiger charge is -2.06. The maximum absolute atomic E-state index is 5.71. The predicted molar refractivity (Wildman–Crippen MR) is 73.9 cm³/mol. The van der Waals surface area contributed by atoms with Gasteiger partial charge in [0, 0.05) is 10.6 Å². The first-order valence-corrected chi connectivity index (χ1v) is 6.44. The minimum atomic E-state index is 0.860. The molecule has 0 aromatic heterocycles. The van der Waals surface area contributed by atoms with E-state index in [1.165, 1.54) is 4.90 Å². The van der Waals surface area contributed by atoms with Crippen LogP contribution in [0.4, 0.5) is 0 Å². The number of hydrogen-bond acceptors (Lipinski definition) is 2. The molecule has 0 aliphatic carbocycles. The van der Waals surface area contributed by atoms with E-state index in [9.17, 15) is 0 Å². The molecule has 0 heterocycles. The molecular formula is C15H14OS. The lowest BCUT2D eigenvalue weighted by Crippen LogP contribution is -1.83. The van der Waals surface area contributed by atoms with E-state index < -0.39 is 0 Å². The third-order valence-corrected chi connectivity index (χ3v) is 3.18. The Hall–Kier alpha value is -1.67. The van der Waals surface area contributed by atoms with E-state index in [1.54, 1.807) is 11.8 Å². The van der Waals surface area contributed by atoms with Crippen molar-refractivity contribution in [1.29, 1.82) is 0 Å². The summed E-state index contributed by atoms with van der Waals surface area (Å²) >= 11 is 1.76. The van der Waals surface area contributed by atoms with Crippen molar-refractivity contribution in [2.24, 2.45) is 0 Å². The van der Waals surface area contributed by atoms with Gasteiger partial charge in [0.15, 0.2) is 0 Å². The number of para-hydroxylation sites is 1. The van der Waals surface area contributed by atoms with Gasteiger partial charge in [0.2, 0.25) is 0 Å². The summed E-state index contributed by atoms with van der Waals surface area (Å²) in [6.45, 7) is 3.70. The van der Waals surface area contributed by atoms with Crippen molar-refractivity contribution in [2.75, 3.05) is 5.75 Å². The zero-order valence-electron chi connectivity index (χ0n) is 9.50. The van der Waals surface area contributed by atoms with Crippen molar-refractivity contribution in [3.8, 4) is 11.5 Å². The summed E-state index contributed by atoms with van der Waals surface area (Å²) in [6, 6.07) is 17.9. The number of hydrogen-bond donors (Lipinski definition) is 0. The normalized spacial score (nSPS) is 9.88. The Morgan fingerprint density at radius 3 is 2.24 bits per heavy atom. The Balaban J connectivity index is 2.01. The van der Waals surface area contributed by atoms with Crippen molar-refractivity contribution in [3.05, 3.63) is 67.3 Å². The lowest BCUT2D eigenvalue weighted by atomic mass is 10.3. The summed E-state index contributed by atoms with van der Waals surface area (Å²) in [7, 11) is 0. The zero-order valence-corrected chi connectivity index (χ0v) is 10.3. The fourth-order valence-corrected chi connectivity index (χ4v) is 2.02. The van der Waals surface area contributed by atoms with Crippen molar-refractivity contribution in [2.45, 2.75) is 4.90 Å². The molecule has 0 saturated carbocycles. The van der Waals surface area contributed by atoms with Crippen LogP contribution < -0.4 is 4.74 Å². The molecule has 0 unspecified atom stereocenters. The maximum atomic E-state index is 5.71. The van der Waals surface area contributed by atoms with Crippen molar-refractivity contribution in [3.63, 3.8) is 0 Å². The quantitative estimate of drug-likeness (QED) is 0.552. The molecule has 0 radical (unpaired) electrons. The monoisotopic (exact) mass is 242 g/mol. The Bertz CT molecular complexity index is 462. The van der Waals surface area contributed by atoms with Gasteiger partial charge in [-0.05, 0) is 36.4 Å². The number of ether oxygens (including phenoxy) is 1. The maximum Gasteiger partial charge on any atom is 0.127 e. The minimum absolute atomic E-state index is 0.860. The highest BCUT2D eigenvalue weighted by Crippen LogP contribution is 2.24. The van der Waals surface area contributed by atoms with Crippen LogP contribution in [0.2, 0.25) is 0 Å². The van der Waals surface area contributed by atoms with E-state index in [4.69, 9.17) is 4.74 Å². The SMILES string of the molecule is C=CCSc1ccc(Oc2ccccc2)cc1. The number of thioether (sulfide) groups is 1. The van der Waals surface area contributed by atoms with Gasteiger partial charge in [-0.1, -0.05) is 24.3 Å². The van der Waals surface area contributed by atoms with Gasteiger partial charge in [-0.3, -0.25) is 0 Å². The van der Waals surface area contributed by atoms with Crippen LogP contribution in [0.1, 0.15) is 0 Å². The average molecular weight is 242 g/mol. The van der Waals surface area contributed by atoms with Gasteiger partial charge in [-0.15, -0.1) is 18.3 Å². The van der Waals surface area contributed by atoms with Crippen LogP contribution in [0, 0.1) is 0 Å². The van der Waals surface area contributed by atoms with Crippen LogP contribution in [0.3, 0.4) is 0 Å². The molecule has 2 aromatic rings. The first kappa shape index (κ1) is 11.8. The lowest BCUT2D eigenvalue weighted by molar-refractivity contribution is 0.482. The van der Waals surface area contributed by atoms with Crippen LogP contribution in [0.15, 0.2) is 72.1 Å². The van der Waals surface area contributed by atoms with Crippen LogP contribution in [-0.2, 0) is 0 Å². The highest BCUT2D eigenvalue weighted by atomic mass is 32.2. The predicted octanol–water partition coefficient (Wildman–Crippen LogP) is 4.76. The summed E-state index contributed by atoms with van der Waals surface area (Å²) in [5.41, 5.74) is 0. The van der Waals surface area contributed by atoms with Crippen molar-refractivity contribution >= 4 is 11.8 Å². The van der Waals surface area contributed by atoms with E-state index in [0.717, 1.165) is 17.3 Å². The highest BCUT2D eigenvalue weighted by molar-refractivity contribution is 7.99. The summed E-state index contributed by atoms with van der Waals surface area (Å²) < 4.78 is 5.71. The van der Waals surface area contributed by atoms with E-state index >= 15 is 0 Å². The fraction of sp³-hybridized carbons (Fsp3) is 0.0667. The standard InChI is InChI=1S/C15H14OS/c1-2-12-17-15-10-8-14(9-11-15)16-13-6-4-3-5-7-13/h2-11H,1,12H2. The molecule has 0 aliphatic heterocycles. The molecular weight excluding hydrogens is 228 g/mol. The van der Waals surface area contributed by atoms with Gasteiger partial charge in [0.05, 0.1) is 0 Å². The highest BCUT2D eigenvalue weighted by Gasteiger charge is 1.97. The second-order valence-corrected chi connectivity index (χ2v) is 4.58. The Morgan fingerprint density at radius 2 is 1.59 bits per heavy atom. The average Bonchev–Trinajstić information content (AvgIpc) is 2.39. The molecule has 0 bridgehead atoms. The molecule has 0 fully saturated rings. The molecule has 0 N–H and O–H groups in total. The van der Waals surface area contributed by atoms with Gasteiger partial charge in [0.1, 0.15) is 11.5 Å². The first-order valence-electron chi connectivity index (χ1n) is 5.45. The van der Waals surface area contributed by atoms with Crippen molar-refractivity contribution < 1.29 is 4.74 Å². The first-order chi connectivity index (χ1) is 8.38. The van der Waals surface area contributed by atoms with Gasteiger partial charge in [0.25, 0.3) is 0 Å². The second kappa shape index (κ2) is 6.16. The van der Waals surface area contributed by atoms with Gasteiger partial charge in [-0.25, -0.2) is 0 Å². The van der Waals surface area contributed by atoms with E-state index in [0.29, 0.717) is 0 Å². The van der Waals surface area contributed by atoms with Crippen LogP contribution in [0.5, 0.6) is 11.5 Å². The fourth-order valence-electron chi connectivity index (χ4n) is 1.38. The molecule has 0 saturated heterocycles. The largest absolute Gasteiger partial charge is 0.457 e. The van der Waals surface area contributed by atoms with Gasteiger partial charge < -0.3 is 4.74 Å². The molecule has 2 rings (SSSR count). The molecule has 1 nitrogen and oxygen atoms in total. The third kappa shape index (κ3) is 3.68. The summed E-state index contributed by atoms with van der Waals surface area (Å²) in [4.78, 5) is 1.23. The minimum Gasteiger partial charge on any atom is -0.457 e. The molecule has 86 valence electrons.